The molecule has 0 saturated heterocycles. The Morgan fingerprint density at radius 2 is 1.84 bits per heavy atom. The van der Waals surface area contributed by atoms with E-state index in [9.17, 15) is 14.9 Å². The molecule has 0 heterocycles. The molecule has 1 fully saturated rings. The van der Waals surface area contributed by atoms with Crippen LogP contribution < -0.4 is 9.47 Å². The lowest BCUT2D eigenvalue weighted by Gasteiger charge is -2.18. The molecule has 1 saturated carbocycles. The number of nitro groups is 1. The Bertz CT molecular complexity index is 983. The highest BCUT2D eigenvalue weighted by molar-refractivity contribution is 5.71. The molecule has 0 unspecified atom stereocenters. The number of esters is 1. The van der Waals surface area contributed by atoms with Crippen molar-refractivity contribution in [3.8, 4) is 23.3 Å². The van der Waals surface area contributed by atoms with Crippen LogP contribution >= 0.6 is 0 Å². The summed E-state index contributed by atoms with van der Waals surface area (Å²) in [6.07, 6.45) is 4.56. The number of non-ortho nitro benzene ring substituents is 1. The first-order chi connectivity index (χ1) is 15.0. The van der Waals surface area contributed by atoms with Gasteiger partial charge in [0.05, 0.1) is 37.6 Å². The lowest BCUT2D eigenvalue weighted by molar-refractivity contribution is -0.384. The van der Waals surface area contributed by atoms with Crippen molar-refractivity contribution in [3.63, 3.8) is 0 Å². The lowest BCUT2D eigenvalue weighted by atomic mass is 9.95. The van der Waals surface area contributed by atoms with E-state index in [1.54, 1.807) is 19.2 Å². The van der Waals surface area contributed by atoms with Crippen LogP contribution in [0, 0.1) is 22.0 Å². The zero-order valence-corrected chi connectivity index (χ0v) is 17.6. The van der Waals surface area contributed by atoms with E-state index in [1.165, 1.54) is 19.2 Å². The van der Waals surface area contributed by atoms with Gasteiger partial charge in [-0.15, -0.1) is 0 Å². The molecular weight excluding hydrogens is 398 g/mol. The number of ether oxygens (including phenoxy) is 3. The average Bonchev–Trinajstić information content (AvgIpc) is 3.29. The first kappa shape index (κ1) is 22.2. The second-order valence-electron chi connectivity index (χ2n) is 7.34. The molecule has 0 N–H and O–H groups in total. The quantitative estimate of drug-likeness (QED) is 0.279. The number of rotatable bonds is 7. The van der Waals surface area contributed by atoms with Gasteiger partial charge in [0.25, 0.3) is 5.69 Å². The Kier molecular flexibility index (Phi) is 7.50. The normalized spacial score (nSPS) is 14.3. The Morgan fingerprint density at radius 1 is 1.13 bits per heavy atom. The van der Waals surface area contributed by atoms with Gasteiger partial charge in [-0.1, -0.05) is 17.9 Å². The van der Waals surface area contributed by atoms with Gasteiger partial charge in [0.15, 0.2) is 11.5 Å². The monoisotopic (exact) mass is 423 g/mol. The number of methoxy groups -OCH3 is 2. The van der Waals surface area contributed by atoms with Crippen molar-refractivity contribution in [2.24, 2.45) is 0 Å². The van der Waals surface area contributed by atoms with Gasteiger partial charge >= 0.3 is 5.97 Å². The Labute approximate surface area is 181 Å². The van der Waals surface area contributed by atoms with E-state index in [-0.39, 0.29) is 24.2 Å². The lowest BCUT2D eigenvalue weighted by Crippen LogP contribution is -2.12. The van der Waals surface area contributed by atoms with E-state index in [2.05, 4.69) is 11.8 Å². The second-order valence-corrected chi connectivity index (χ2v) is 7.34. The standard InChI is InChI=1S/C24H25NO6/c1-29-22-14-11-18(15-23(22)31-21-5-3-4-6-21)19(16-24(26)30-2)10-7-17-8-12-20(13-9-17)25(27)28/h8-9,11-15,19,21H,3-6,16H2,1-2H3/t19-/m0/s1. The number of nitrogens with zero attached hydrogens (tertiary/aromatic N) is 1. The number of hydrogen-bond acceptors (Lipinski definition) is 6. The van der Waals surface area contributed by atoms with Gasteiger partial charge in [-0.25, -0.2) is 0 Å². The minimum atomic E-state index is -0.458. The van der Waals surface area contributed by atoms with Gasteiger partial charge in [-0.2, -0.15) is 0 Å². The number of carbonyl (C=O) groups is 1. The van der Waals surface area contributed by atoms with Crippen LogP contribution in [-0.4, -0.2) is 31.2 Å². The summed E-state index contributed by atoms with van der Waals surface area (Å²) in [6, 6.07) is 11.5. The SMILES string of the molecule is COC(=O)C[C@H](C#Cc1ccc([N+](=O)[O-])cc1)c1ccc(OC)c(OC2CCCC2)c1. The summed E-state index contributed by atoms with van der Waals surface area (Å²) in [4.78, 5) is 22.4. The van der Waals surface area contributed by atoms with Crippen molar-refractivity contribution in [2.75, 3.05) is 14.2 Å². The molecule has 7 nitrogen and oxygen atoms in total. The van der Waals surface area contributed by atoms with E-state index in [1.807, 2.05) is 18.2 Å². The van der Waals surface area contributed by atoms with Crippen molar-refractivity contribution < 1.29 is 23.9 Å². The van der Waals surface area contributed by atoms with Crippen LogP contribution in [0.25, 0.3) is 0 Å². The largest absolute Gasteiger partial charge is 0.493 e. The fourth-order valence-electron chi connectivity index (χ4n) is 3.53. The van der Waals surface area contributed by atoms with Crippen LogP contribution in [0.4, 0.5) is 5.69 Å². The van der Waals surface area contributed by atoms with E-state index < -0.39 is 10.8 Å². The highest BCUT2D eigenvalue weighted by Crippen LogP contribution is 2.35. The van der Waals surface area contributed by atoms with Crippen LogP contribution in [0.15, 0.2) is 42.5 Å². The Balaban J connectivity index is 1.89. The van der Waals surface area contributed by atoms with Crippen molar-refractivity contribution in [2.45, 2.75) is 44.1 Å². The van der Waals surface area contributed by atoms with Crippen molar-refractivity contribution in [3.05, 3.63) is 63.7 Å². The van der Waals surface area contributed by atoms with Gasteiger partial charge in [0.1, 0.15) is 0 Å². The van der Waals surface area contributed by atoms with E-state index in [0.717, 1.165) is 31.2 Å². The molecule has 0 spiro atoms. The van der Waals surface area contributed by atoms with Crippen molar-refractivity contribution in [1.82, 2.24) is 0 Å². The predicted octanol–water partition coefficient (Wildman–Crippen LogP) is 4.62. The van der Waals surface area contributed by atoms with Gasteiger partial charge in [0, 0.05) is 17.7 Å². The molecule has 1 aliphatic carbocycles. The maximum absolute atomic E-state index is 12.0. The molecule has 2 aromatic carbocycles. The molecule has 1 atom stereocenters. The highest BCUT2D eigenvalue weighted by atomic mass is 16.6. The number of carbonyl (C=O) groups excluding carboxylic acids is 1. The topological polar surface area (TPSA) is 87.9 Å². The van der Waals surface area contributed by atoms with Crippen LogP contribution in [0.5, 0.6) is 11.5 Å². The first-order valence-corrected chi connectivity index (χ1v) is 10.2. The molecular formula is C24H25NO6. The van der Waals surface area contributed by atoms with E-state index in [4.69, 9.17) is 14.2 Å². The average molecular weight is 423 g/mol. The second kappa shape index (κ2) is 10.5. The molecule has 1 aliphatic rings. The molecule has 0 amide bonds. The van der Waals surface area contributed by atoms with Gasteiger partial charge in [0.2, 0.25) is 0 Å². The summed E-state index contributed by atoms with van der Waals surface area (Å²) in [5, 5.41) is 10.8. The van der Waals surface area contributed by atoms with Crippen LogP contribution in [-0.2, 0) is 9.53 Å². The minimum absolute atomic E-state index is 0.000480. The highest BCUT2D eigenvalue weighted by Gasteiger charge is 2.21. The van der Waals surface area contributed by atoms with Crippen LogP contribution in [0.1, 0.15) is 49.1 Å². The summed E-state index contributed by atoms with van der Waals surface area (Å²) < 4.78 is 16.5. The molecule has 0 bridgehead atoms. The zero-order chi connectivity index (χ0) is 22.2. The van der Waals surface area contributed by atoms with E-state index in [0.29, 0.717) is 17.1 Å². The summed E-state index contributed by atoms with van der Waals surface area (Å²) in [5.74, 6) is 6.58. The molecule has 31 heavy (non-hydrogen) atoms. The maximum Gasteiger partial charge on any atom is 0.307 e. The fraction of sp³-hybridized carbons (Fsp3) is 0.375. The van der Waals surface area contributed by atoms with Gasteiger partial charge in [-0.3, -0.25) is 14.9 Å². The number of hydrogen-bond donors (Lipinski definition) is 0. The molecule has 0 aliphatic heterocycles. The Morgan fingerprint density at radius 3 is 2.45 bits per heavy atom. The summed E-state index contributed by atoms with van der Waals surface area (Å²) in [6.45, 7) is 0. The molecule has 7 heteroatoms. The summed E-state index contributed by atoms with van der Waals surface area (Å²) in [5.41, 5.74) is 1.44. The third-order valence-corrected chi connectivity index (χ3v) is 5.25. The van der Waals surface area contributed by atoms with Crippen molar-refractivity contribution >= 4 is 11.7 Å². The van der Waals surface area contributed by atoms with Crippen LogP contribution in [0.2, 0.25) is 0 Å². The Hall–Kier alpha value is -3.53. The van der Waals surface area contributed by atoms with E-state index >= 15 is 0 Å². The maximum atomic E-state index is 12.0. The molecule has 2 aromatic rings. The smallest absolute Gasteiger partial charge is 0.307 e. The number of nitro benzene ring substituents is 1. The van der Waals surface area contributed by atoms with Gasteiger partial charge in [-0.05, 0) is 55.5 Å². The van der Waals surface area contributed by atoms with Crippen molar-refractivity contribution in [1.29, 1.82) is 0 Å². The van der Waals surface area contributed by atoms with Gasteiger partial charge < -0.3 is 14.2 Å². The zero-order valence-electron chi connectivity index (χ0n) is 17.6. The third kappa shape index (κ3) is 5.98. The molecule has 0 radical (unpaired) electrons. The first-order valence-electron chi connectivity index (χ1n) is 10.2. The number of benzene rings is 2. The summed E-state index contributed by atoms with van der Waals surface area (Å²) in [7, 11) is 2.93. The summed E-state index contributed by atoms with van der Waals surface area (Å²) >= 11 is 0. The predicted molar refractivity (Wildman–Crippen MR) is 115 cm³/mol. The third-order valence-electron chi connectivity index (χ3n) is 5.25. The minimum Gasteiger partial charge on any atom is -0.493 e. The molecule has 162 valence electrons. The molecule has 0 aromatic heterocycles. The van der Waals surface area contributed by atoms with Crippen LogP contribution in [0.3, 0.4) is 0 Å². The fourth-order valence-corrected chi connectivity index (χ4v) is 3.53. The molecule has 3 rings (SSSR count).